The number of hydrogen-bond donors (Lipinski definition) is 1. The molecule has 3 aromatic rings. The molecular formula is C18H17N3OS. The second-order valence-corrected chi connectivity index (χ2v) is 5.83. The third-order valence-electron chi connectivity index (χ3n) is 3.64. The molecule has 1 heterocycles. The van der Waals surface area contributed by atoms with Gasteiger partial charge in [-0.25, -0.2) is 0 Å². The van der Waals surface area contributed by atoms with E-state index in [2.05, 4.69) is 4.98 Å². The van der Waals surface area contributed by atoms with E-state index in [9.17, 15) is 4.79 Å². The van der Waals surface area contributed by atoms with Gasteiger partial charge in [0.2, 0.25) is 0 Å². The Hall–Kier alpha value is -2.66. The fourth-order valence-electron chi connectivity index (χ4n) is 2.41. The largest absolute Gasteiger partial charge is 0.378 e. The van der Waals surface area contributed by atoms with Crippen LogP contribution in [-0.2, 0) is 0 Å². The van der Waals surface area contributed by atoms with Gasteiger partial charge in [-0.1, -0.05) is 30.3 Å². The van der Waals surface area contributed by atoms with E-state index in [1.165, 1.54) is 4.57 Å². The van der Waals surface area contributed by atoms with Gasteiger partial charge in [-0.3, -0.25) is 9.36 Å². The molecule has 0 atom stereocenters. The lowest BCUT2D eigenvalue weighted by atomic mass is 10.1. The van der Waals surface area contributed by atoms with Gasteiger partial charge in [-0.15, -0.1) is 0 Å². The Bertz CT molecular complexity index is 894. The van der Waals surface area contributed by atoms with Crippen LogP contribution >= 0.6 is 12.2 Å². The zero-order valence-corrected chi connectivity index (χ0v) is 13.8. The molecule has 0 saturated heterocycles. The smallest absolute Gasteiger partial charge is 0.259 e. The highest BCUT2D eigenvalue weighted by Gasteiger charge is 2.06. The van der Waals surface area contributed by atoms with Gasteiger partial charge in [-0.05, 0) is 42.0 Å². The predicted octanol–water partition coefficient (Wildman–Crippen LogP) is 3.63. The molecule has 1 aromatic heterocycles. The van der Waals surface area contributed by atoms with Crippen LogP contribution in [0.15, 0.2) is 65.5 Å². The molecule has 0 aliphatic heterocycles. The van der Waals surface area contributed by atoms with Crippen LogP contribution in [0, 0.1) is 4.77 Å². The minimum absolute atomic E-state index is 0.147. The molecule has 23 heavy (non-hydrogen) atoms. The van der Waals surface area contributed by atoms with Crippen molar-refractivity contribution in [3.8, 4) is 16.9 Å². The number of benzene rings is 2. The van der Waals surface area contributed by atoms with Crippen LogP contribution in [0.2, 0.25) is 0 Å². The van der Waals surface area contributed by atoms with Crippen molar-refractivity contribution in [3.05, 3.63) is 75.8 Å². The van der Waals surface area contributed by atoms with Gasteiger partial charge in [0.15, 0.2) is 4.77 Å². The van der Waals surface area contributed by atoms with Crippen molar-refractivity contribution >= 4 is 17.9 Å². The minimum atomic E-state index is -0.147. The molecule has 3 rings (SSSR count). The van der Waals surface area contributed by atoms with Crippen LogP contribution in [0.1, 0.15) is 0 Å². The first-order valence-corrected chi connectivity index (χ1v) is 7.66. The normalized spacial score (nSPS) is 10.5. The molecule has 0 saturated carbocycles. The Morgan fingerprint density at radius 2 is 1.65 bits per heavy atom. The average molecular weight is 323 g/mol. The Morgan fingerprint density at radius 3 is 2.22 bits per heavy atom. The Balaban J connectivity index is 2.07. The van der Waals surface area contributed by atoms with Gasteiger partial charge in [0, 0.05) is 25.8 Å². The van der Waals surface area contributed by atoms with E-state index in [-0.39, 0.29) is 5.56 Å². The van der Waals surface area contributed by atoms with Crippen molar-refractivity contribution in [2.75, 3.05) is 19.0 Å². The number of H-pyrrole nitrogens is 1. The van der Waals surface area contributed by atoms with Crippen molar-refractivity contribution in [2.24, 2.45) is 0 Å². The van der Waals surface area contributed by atoms with Gasteiger partial charge in [0.1, 0.15) is 0 Å². The van der Waals surface area contributed by atoms with Crippen molar-refractivity contribution in [1.82, 2.24) is 9.55 Å². The summed E-state index contributed by atoms with van der Waals surface area (Å²) >= 11 is 5.38. The third kappa shape index (κ3) is 3.10. The molecule has 0 radical (unpaired) electrons. The van der Waals surface area contributed by atoms with Crippen molar-refractivity contribution < 1.29 is 0 Å². The summed E-state index contributed by atoms with van der Waals surface area (Å²) in [6, 6.07) is 18.9. The van der Waals surface area contributed by atoms with Gasteiger partial charge in [0.05, 0.1) is 11.4 Å². The zero-order valence-electron chi connectivity index (χ0n) is 13.0. The summed E-state index contributed by atoms with van der Waals surface area (Å²) in [5.41, 5.74) is 3.36. The van der Waals surface area contributed by atoms with E-state index in [4.69, 9.17) is 12.2 Å². The molecule has 0 aliphatic carbocycles. The van der Waals surface area contributed by atoms with Gasteiger partial charge < -0.3 is 9.88 Å². The summed E-state index contributed by atoms with van der Waals surface area (Å²) in [7, 11) is 3.98. The minimum Gasteiger partial charge on any atom is -0.378 e. The topological polar surface area (TPSA) is 41.0 Å². The Labute approximate surface area is 139 Å². The quantitative estimate of drug-likeness (QED) is 0.748. The van der Waals surface area contributed by atoms with E-state index in [0.29, 0.717) is 4.77 Å². The van der Waals surface area contributed by atoms with Crippen LogP contribution in [0.5, 0.6) is 0 Å². The SMILES string of the molecule is CN(C)c1ccc(-c2cc(=O)n(-c3ccccc3)c(=S)[nH]2)cc1. The first kappa shape index (κ1) is 15.2. The fourth-order valence-corrected chi connectivity index (χ4v) is 2.72. The monoisotopic (exact) mass is 323 g/mol. The number of anilines is 1. The molecule has 1 N–H and O–H groups in total. The molecule has 0 amide bonds. The number of aromatic amines is 1. The second kappa shape index (κ2) is 6.22. The van der Waals surface area contributed by atoms with Crippen LogP contribution in [0.3, 0.4) is 0 Å². The maximum atomic E-state index is 12.5. The summed E-state index contributed by atoms with van der Waals surface area (Å²) in [5.74, 6) is 0. The molecule has 4 nitrogen and oxygen atoms in total. The highest BCUT2D eigenvalue weighted by molar-refractivity contribution is 7.71. The standard InChI is InChI=1S/C18H17N3OS/c1-20(2)14-10-8-13(9-11-14)16-12-17(22)21(18(23)19-16)15-6-4-3-5-7-15/h3-12H,1-2H3,(H,19,23). The van der Waals surface area contributed by atoms with Gasteiger partial charge in [-0.2, -0.15) is 0 Å². The van der Waals surface area contributed by atoms with Gasteiger partial charge in [0.25, 0.3) is 5.56 Å². The van der Waals surface area contributed by atoms with Crippen LogP contribution in [-0.4, -0.2) is 23.6 Å². The first-order valence-electron chi connectivity index (χ1n) is 7.26. The van der Waals surface area contributed by atoms with Crippen molar-refractivity contribution in [2.45, 2.75) is 0 Å². The molecule has 0 bridgehead atoms. The summed E-state index contributed by atoms with van der Waals surface area (Å²) in [6.45, 7) is 0. The molecule has 0 fully saturated rings. The fraction of sp³-hybridized carbons (Fsp3) is 0.111. The van der Waals surface area contributed by atoms with Gasteiger partial charge >= 0.3 is 0 Å². The molecule has 0 spiro atoms. The summed E-state index contributed by atoms with van der Waals surface area (Å²) < 4.78 is 1.88. The molecule has 0 aliphatic rings. The van der Waals surface area contributed by atoms with E-state index in [0.717, 1.165) is 22.6 Å². The average Bonchev–Trinajstić information content (AvgIpc) is 2.55. The number of nitrogens with one attached hydrogen (secondary N) is 1. The lowest BCUT2D eigenvalue weighted by molar-refractivity contribution is 0.917. The van der Waals surface area contributed by atoms with Crippen LogP contribution in [0.25, 0.3) is 16.9 Å². The number of rotatable bonds is 3. The summed E-state index contributed by atoms with van der Waals surface area (Å²) in [5, 5.41) is 0. The maximum absolute atomic E-state index is 12.5. The van der Waals surface area contributed by atoms with E-state index >= 15 is 0 Å². The lowest BCUT2D eigenvalue weighted by Crippen LogP contribution is -2.19. The highest BCUT2D eigenvalue weighted by atomic mass is 32.1. The zero-order chi connectivity index (χ0) is 16.4. The number of nitrogens with zero attached hydrogens (tertiary/aromatic N) is 2. The maximum Gasteiger partial charge on any atom is 0.259 e. The van der Waals surface area contributed by atoms with E-state index < -0.39 is 0 Å². The van der Waals surface area contributed by atoms with Crippen LogP contribution in [0.4, 0.5) is 5.69 Å². The number of aromatic nitrogens is 2. The first-order chi connectivity index (χ1) is 11.1. The molecule has 116 valence electrons. The van der Waals surface area contributed by atoms with E-state index in [1.54, 1.807) is 6.07 Å². The molecular weight excluding hydrogens is 306 g/mol. The number of para-hydroxylation sites is 1. The summed E-state index contributed by atoms with van der Waals surface area (Å²) in [4.78, 5) is 17.6. The van der Waals surface area contributed by atoms with Crippen molar-refractivity contribution in [3.63, 3.8) is 0 Å². The highest BCUT2D eigenvalue weighted by Crippen LogP contribution is 2.20. The van der Waals surface area contributed by atoms with Crippen LogP contribution < -0.4 is 10.5 Å². The summed E-state index contributed by atoms with van der Waals surface area (Å²) in [6.07, 6.45) is 0. The Morgan fingerprint density at radius 1 is 1.00 bits per heavy atom. The Kier molecular flexibility index (Phi) is 4.12. The lowest BCUT2D eigenvalue weighted by Gasteiger charge is -2.13. The molecule has 2 aromatic carbocycles. The predicted molar refractivity (Wildman–Crippen MR) is 97.0 cm³/mol. The third-order valence-corrected chi connectivity index (χ3v) is 3.93. The molecule has 5 heteroatoms. The second-order valence-electron chi connectivity index (χ2n) is 5.44. The molecule has 0 unspecified atom stereocenters. The van der Waals surface area contributed by atoms with E-state index in [1.807, 2.05) is 73.6 Å². The van der Waals surface area contributed by atoms with Crippen molar-refractivity contribution in [1.29, 1.82) is 0 Å². The number of hydrogen-bond acceptors (Lipinski definition) is 3.